The van der Waals surface area contributed by atoms with Gasteiger partial charge < -0.3 is 14.0 Å². The zero-order valence-corrected chi connectivity index (χ0v) is 6.30. The van der Waals surface area contributed by atoms with Crippen LogP contribution in [0.1, 0.15) is 10.5 Å². The third-order valence-corrected chi connectivity index (χ3v) is 1.40. The number of aromatic nitrogens is 2. The van der Waals surface area contributed by atoms with Gasteiger partial charge in [-0.25, -0.2) is 9.78 Å². The lowest BCUT2D eigenvalue weighted by Gasteiger charge is -1.81. The lowest BCUT2D eigenvalue weighted by molar-refractivity contribution is 0.0686. The highest BCUT2D eigenvalue weighted by Gasteiger charge is 2.13. The van der Waals surface area contributed by atoms with E-state index < -0.39 is 5.97 Å². The van der Waals surface area contributed by atoms with Crippen LogP contribution in [-0.4, -0.2) is 21.2 Å². The van der Waals surface area contributed by atoms with Crippen LogP contribution in [0.3, 0.4) is 0 Å². The number of carboxylic acids is 1. The fourth-order valence-corrected chi connectivity index (χ4v) is 0.830. The van der Waals surface area contributed by atoms with Gasteiger partial charge in [-0.3, -0.25) is 0 Å². The number of aromatic carboxylic acids is 1. The summed E-state index contributed by atoms with van der Waals surface area (Å²) < 4.78 is 9.58. The summed E-state index contributed by atoms with van der Waals surface area (Å²) in [5.41, 5.74) is -0.161. The smallest absolute Gasteiger partial charge is 0.358 e. The molecule has 0 radical (unpaired) electrons. The van der Waals surface area contributed by atoms with Gasteiger partial charge in [0.1, 0.15) is 0 Å². The number of nitrogens with zero attached hydrogens (tertiary/aromatic N) is 2. The minimum absolute atomic E-state index is 0.161. The molecule has 0 aliphatic heterocycles. The SMILES string of the molecule is O=C(O)c1cc(-c2cnco2)on1. The first-order chi connectivity index (χ1) is 6.27. The Morgan fingerprint density at radius 3 is 2.85 bits per heavy atom. The van der Waals surface area contributed by atoms with Crippen LogP contribution in [0.2, 0.25) is 0 Å². The number of carbonyl (C=O) groups is 1. The van der Waals surface area contributed by atoms with E-state index in [-0.39, 0.29) is 11.5 Å². The summed E-state index contributed by atoms with van der Waals surface area (Å²) in [6.45, 7) is 0. The van der Waals surface area contributed by atoms with Gasteiger partial charge in [-0.15, -0.1) is 0 Å². The second-order valence-corrected chi connectivity index (χ2v) is 2.25. The summed E-state index contributed by atoms with van der Waals surface area (Å²) in [5.74, 6) is -0.551. The molecule has 13 heavy (non-hydrogen) atoms. The Morgan fingerprint density at radius 2 is 2.31 bits per heavy atom. The van der Waals surface area contributed by atoms with Gasteiger partial charge in [0, 0.05) is 6.07 Å². The molecule has 6 heteroatoms. The molecule has 0 unspecified atom stereocenters. The third kappa shape index (κ3) is 1.28. The zero-order chi connectivity index (χ0) is 9.26. The van der Waals surface area contributed by atoms with Crippen LogP contribution in [0, 0.1) is 0 Å². The van der Waals surface area contributed by atoms with E-state index in [0.29, 0.717) is 5.76 Å². The maximum absolute atomic E-state index is 10.4. The van der Waals surface area contributed by atoms with Crippen molar-refractivity contribution in [1.29, 1.82) is 0 Å². The molecule has 0 aromatic carbocycles. The number of hydrogen-bond donors (Lipinski definition) is 1. The van der Waals surface area contributed by atoms with E-state index in [4.69, 9.17) is 14.0 Å². The van der Waals surface area contributed by atoms with Crippen molar-refractivity contribution in [2.75, 3.05) is 0 Å². The summed E-state index contributed by atoms with van der Waals surface area (Å²) >= 11 is 0. The van der Waals surface area contributed by atoms with Gasteiger partial charge in [0.25, 0.3) is 0 Å². The number of carboxylic acid groups (broad SMARTS) is 1. The van der Waals surface area contributed by atoms with Crippen molar-refractivity contribution in [2.45, 2.75) is 0 Å². The lowest BCUT2D eigenvalue weighted by atomic mass is 10.3. The monoisotopic (exact) mass is 180 g/mol. The number of rotatable bonds is 2. The number of oxazole rings is 1. The predicted molar refractivity (Wildman–Crippen MR) is 39.0 cm³/mol. The van der Waals surface area contributed by atoms with Crippen LogP contribution in [0.25, 0.3) is 11.5 Å². The summed E-state index contributed by atoms with van der Waals surface area (Å²) in [6, 6.07) is 1.27. The maximum atomic E-state index is 10.4. The second kappa shape index (κ2) is 2.74. The first kappa shape index (κ1) is 7.53. The first-order valence-corrected chi connectivity index (χ1v) is 3.36. The molecule has 0 saturated carbocycles. The molecule has 0 spiro atoms. The van der Waals surface area contributed by atoms with Gasteiger partial charge in [0.2, 0.25) is 5.76 Å². The van der Waals surface area contributed by atoms with E-state index in [1.165, 1.54) is 18.7 Å². The summed E-state index contributed by atoms with van der Waals surface area (Å²) in [7, 11) is 0. The minimum Gasteiger partial charge on any atom is -0.476 e. The Balaban J connectivity index is 2.39. The third-order valence-electron chi connectivity index (χ3n) is 1.40. The topological polar surface area (TPSA) is 89.4 Å². The van der Waals surface area contributed by atoms with Gasteiger partial charge in [0.15, 0.2) is 17.8 Å². The Labute approximate surface area is 71.8 Å². The van der Waals surface area contributed by atoms with Gasteiger partial charge in [-0.2, -0.15) is 0 Å². The fraction of sp³-hybridized carbons (Fsp3) is 0. The predicted octanol–water partition coefficient (Wildman–Crippen LogP) is 1.03. The van der Waals surface area contributed by atoms with Gasteiger partial charge >= 0.3 is 5.97 Å². The van der Waals surface area contributed by atoms with Crippen LogP contribution < -0.4 is 0 Å². The van der Waals surface area contributed by atoms with E-state index in [2.05, 4.69) is 10.1 Å². The molecule has 66 valence electrons. The average Bonchev–Trinajstić information content (AvgIpc) is 2.75. The van der Waals surface area contributed by atoms with E-state index in [1.807, 2.05) is 0 Å². The molecule has 0 aliphatic rings. The molecule has 2 rings (SSSR count). The average molecular weight is 180 g/mol. The number of hydrogen-bond acceptors (Lipinski definition) is 5. The molecule has 6 nitrogen and oxygen atoms in total. The standard InChI is InChI=1S/C7H4N2O4/c10-7(11)4-1-5(13-9-4)6-2-8-3-12-6/h1-3H,(H,10,11). The molecule has 0 aliphatic carbocycles. The van der Waals surface area contributed by atoms with Crippen molar-refractivity contribution in [3.05, 3.63) is 24.4 Å². The minimum atomic E-state index is -1.14. The normalized spacial score (nSPS) is 10.2. The summed E-state index contributed by atoms with van der Waals surface area (Å²) in [5, 5.41) is 11.8. The zero-order valence-electron chi connectivity index (χ0n) is 6.30. The Bertz CT molecular complexity index is 417. The van der Waals surface area contributed by atoms with E-state index in [0.717, 1.165) is 0 Å². The fourth-order valence-electron chi connectivity index (χ4n) is 0.830. The van der Waals surface area contributed by atoms with Crippen LogP contribution in [0.5, 0.6) is 0 Å². The Kier molecular flexibility index (Phi) is 1.59. The van der Waals surface area contributed by atoms with Crippen molar-refractivity contribution in [3.63, 3.8) is 0 Å². The van der Waals surface area contributed by atoms with Crippen LogP contribution in [-0.2, 0) is 0 Å². The van der Waals surface area contributed by atoms with Crippen molar-refractivity contribution in [1.82, 2.24) is 10.1 Å². The molecule has 2 heterocycles. The second-order valence-electron chi connectivity index (χ2n) is 2.25. The van der Waals surface area contributed by atoms with Crippen LogP contribution in [0.4, 0.5) is 0 Å². The molecule has 0 atom stereocenters. The van der Waals surface area contributed by atoms with Gasteiger partial charge in [-0.05, 0) is 0 Å². The van der Waals surface area contributed by atoms with Gasteiger partial charge in [-0.1, -0.05) is 5.16 Å². The molecule has 0 amide bonds. The molecule has 0 bridgehead atoms. The van der Waals surface area contributed by atoms with Gasteiger partial charge in [0.05, 0.1) is 6.20 Å². The first-order valence-electron chi connectivity index (χ1n) is 3.36. The quantitative estimate of drug-likeness (QED) is 0.742. The molecular formula is C7H4N2O4. The highest BCUT2D eigenvalue weighted by molar-refractivity contribution is 5.86. The molecule has 0 saturated heterocycles. The van der Waals surface area contributed by atoms with Crippen molar-refractivity contribution < 1.29 is 18.8 Å². The summed E-state index contributed by atoms with van der Waals surface area (Å²) in [6.07, 6.45) is 2.63. The lowest BCUT2D eigenvalue weighted by Crippen LogP contribution is -1.94. The highest BCUT2D eigenvalue weighted by Crippen LogP contribution is 2.18. The van der Waals surface area contributed by atoms with E-state index in [9.17, 15) is 4.79 Å². The highest BCUT2D eigenvalue weighted by atomic mass is 16.5. The maximum Gasteiger partial charge on any atom is 0.358 e. The Hall–Kier alpha value is -2.11. The van der Waals surface area contributed by atoms with E-state index in [1.54, 1.807) is 0 Å². The molecule has 1 N–H and O–H groups in total. The van der Waals surface area contributed by atoms with E-state index >= 15 is 0 Å². The molecular weight excluding hydrogens is 176 g/mol. The van der Waals surface area contributed by atoms with Crippen molar-refractivity contribution in [3.8, 4) is 11.5 Å². The molecule has 0 fully saturated rings. The molecule has 2 aromatic rings. The van der Waals surface area contributed by atoms with Crippen LogP contribution >= 0.6 is 0 Å². The van der Waals surface area contributed by atoms with Crippen LogP contribution in [0.15, 0.2) is 27.6 Å². The summed E-state index contributed by atoms with van der Waals surface area (Å²) in [4.78, 5) is 14.1. The Morgan fingerprint density at radius 1 is 1.46 bits per heavy atom. The largest absolute Gasteiger partial charge is 0.476 e. The van der Waals surface area contributed by atoms with Crippen molar-refractivity contribution in [2.24, 2.45) is 0 Å². The van der Waals surface area contributed by atoms with Crippen molar-refractivity contribution >= 4 is 5.97 Å². The molecule has 2 aromatic heterocycles.